The van der Waals surface area contributed by atoms with Crippen LogP contribution in [0.1, 0.15) is 217 Å². The van der Waals surface area contributed by atoms with Gasteiger partial charge >= 0.3 is 11.6 Å². The molecule has 720 valence electrons. The van der Waals surface area contributed by atoms with Crippen molar-refractivity contribution in [3.05, 3.63) is 25.7 Å². The van der Waals surface area contributed by atoms with Crippen molar-refractivity contribution < 1.29 is 65.8 Å². The minimum absolute atomic E-state index is 0.0296. The molecule has 0 aliphatic carbocycles. The Balaban J connectivity index is 1.73. The van der Waals surface area contributed by atoms with Crippen molar-refractivity contribution in [2.24, 2.45) is 47.3 Å². The van der Waals surface area contributed by atoms with E-state index in [0.717, 1.165) is 106 Å². The number of halogens is 4. The van der Waals surface area contributed by atoms with Crippen LogP contribution >= 0.6 is 93.5 Å². The largest absolute Gasteiger partial charge is 0.492 e. The van der Waals surface area contributed by atoms with Crippen LogP contribution in [0.2, 0.25) is 20.1 Å². The van der Waals surface area contributed by atoms with Gasteiger partial charge in [0.1, 0.15) is 49.2 Å². The fourth-order valence-corrected chi connectivity index (χ4v) is 21.7. The molecule has 21 nitrogen and oxygen atoms in total. The molecule has 0 spiro atoms. The summed E-state index contributed by atoms with van der Waals surface area (Å²) in [5.41, 5.74) is 3.57. The zero-order chi connectivity index (χ0) is 94.7. The molecule has 3 aromatic heterocycles. The van der Waals surface area contributed by atoms with Crippen LogP contribution in [-0.2, 0) is 11.3 Å². The molecule has 0 atom stereocenters. The first-order valence-corrected chi connectivity index (χ1v) is 53.7. The monoisotopic (exact) mass is 1940 g/mol. The Bertz CT molecular complexity index is 5070. The number of aromatic nitrogens is 8. The average Bonchev–Trinajstić information content (AvgIpc) is 1.55. The van der Waals surface area contributed by atoms with Gasteiger partial charge in [-0.15, -0.1) is 47.0 Å². The van der Waals surface area contributed by atoms with Crippen molar-refractivity contribution in [1.82, 2.24) is 34.9 Å². The number of nitrogens with zero attached hydrogens (tertiary/aromatic N) is 10. The molecule has 0 unspecified atom stereocenters. The van der Waals surface area contributed by atoms with Gasteiger partial charge in [0.05, 0.1) is 218 Å². The van der Waals surface area contributed by atoms with E-state index in [1.165, 1.54) is 0 Å². The SMILES string of the molecule is CC[N+](C)(CC)CCSc1c(Cl)c(OCCC(C)C)c2c(c1COCC(C)C)-c1nc3[nH]c(nc4nc(nc5[nH]c(nc-2[n+]1O)c1c(OCCC(C)C)c(SCC[N+](C)(CC)CC)c(Cl)c(OCCC(C)C)c51)-c1c(OCCC(C)C)c(SCC[N+](C)(CC)CC)c(Cl)c(OCCC(C)C)c1-4)c1c(OCCC(C)C)c(SCC[N+](C)(CC)CC)c(Cl)c(OCCC(C)C)c31. The Morgan fingerprint density at radius 1 is 0.318 bits per heavy atom. The van der Waals surface area contributed by atoms with Crippen LogP contribution in [0.4, 0.5) is 0 Å². The van der Waals surface area contributed by atoms with Crippen LogP contribution < -0.4 is 37.9 Å². The van der Waals surface area contributed by atoms with Gasteiger partial charge in [0.25, 0.3) is 0 Å². The molecule has 129 heavy (non-hydrogen) atoms. The van der Waals surface area contributed by atoms with Gasteiger partial charge in [0.2, 0.25) is 11.3 Å². The lowest BCUT2D eigenvalue weighted by atomic mass is 10.00. The second-order valence-corrected chi connectivity index (χ2v) is 45.5. The molecule has 5 heterocycles. The molecule has 8 bridgehead atoms. The highest BCUT2D eigenvalue weighted by atomic mass is 35.5. The minimum Gasteiger partial charge on any atom is -0.492 e. The summed E-state index contributed by atoms with van der Waals surface area (Å²) in [6.45, 7) is 66.3. The van der Waals surface area contributed by atoms with E-state index in [2.05, 4.69) is 204 Å². The Morgan fingerprint density at radius 2 is 0.574 bits per heavy atom. The van der Waals surface area contributed by atoms with Gasteiger partial charge in [0.15, 0.2) is 34.6 Å². The number of aromatic amines is 2. The number of nitrogens with one attached hydrogen (secondary N) is 2. The smallest absolute Gasteiger partial charge is 0.314 e. The molecule has 0 radical (unpaired) electrons. The summed E-state index contributed by atoms with van der Waals surface area (Å²) < 4.78 is 63.3. The van der Waals surface area contributed by atoms with E-state index in [1.807, 2.05) is 0 Å². The Labute approximate surface area is 810 Å². The molecule has 29 heteroatoms. The Morgan fingerprint density at radius 3 is 0.899 bits per heavy atom. The maximum absolute atomic E-state index is 14.6. The minimum atomic E-state index is 0.0296. The maximum Gasteiger partial charge on any atom is 0.314 e. The standard InChI is InChI=1S/C100H158Cl4N12O9S4/c1-29-113(25,30-2)44-55-126-89-69(60-118-59-68(23)24)70-77(85(78(89)101)122-51-40-64(15)16)100-111-98-76-72(83(120-49-38-62(11)12)80(103)92(88(76)125-54-43-67(21)22)129-58-47-116(28,35-7)36-8)94(108-98)107-95-74-71(82(119-48-37-61(9)10)79(102)90(86(74)123-52-41-65(17)18)127-56-45-114(26,31-3)32-4)93(105-95)106-96-75-73(97(109-96)110-99(70)112(100)117)84(121-50-39-63(13)14)81(104)91(87(75)124-53-42-66(19)20)128-57-46-115(27,33-5)34-6/h61-68,117H,29-60H2,1-28H3,(H,105,106,107,108,109,110,111)/q+4/p+1. The van der Waals surface area contributed by atoms with Crippen LogP contribution in [0.3, 0.4) is 0 Å². The van der Waals surface area contributed by atoms with Gasteiger partial charge < -0.3 is 71.0 Å². The van der Waals surface area contributed by atoms with E-state index in [4.69, 9.17) is 109 Å². The van der Waals surface area contributed by atoms with E-state index >= 15 is 0 Å². The third kappa shape index (κ3) is 26.8. The third-order valence-electron chi connectivity index (χ3n) is 26.1. The van der Waals surface area contributed by atoms with E-state index in [1.54, 1.807) is 47.0 Å². The Hall–Kier alpha value is -5.00. The average molecular weight is 1940 g/mol. The molecule has 0 amide bonds. The van der Waals surface area contributed by atoms with Crippen LogP contribution in [0.15, 0.2) is 19.6 Å². The first-order valence-electron chi connectivity index (χ1n) is 48.2. The Kier molecular flexibility index (Phi) is 41.0. The van der Waals surface area contributed by atoms with E-state index in [-0.39, 0.29) is 107 Å². The van der Waals surface area contributed by atoms with Crippen LogP contribution in [0.5, 0.6) is 40.2 Å². The first kappa shape index (κ1) is 108. The molecule has 0 fully saturated rings. The van der Waals surface area contributed by atoms with Gasteiger partial charge in [-0.05, 0) is 152 Å². The number of quaternary nitrogens is 4. The van der Waals surface area contributed by atoms with Crippen LogP contribution in [0, 0.1) is 47.3 Å². The number of rotatable bonds is 56. The normalized spacial score (nSPS) is 12.8. The van der Waals surface area contributed by atoms with Gasteiger partial charge in [-0.3, -0.25) is 0 Å². The topological polar surface area (TPSA) is 194 Å². The third-order valence-corrected chi connectivity index (χ3v) is 32.3. The number of thioether (sulfide) groups is 4. The molecule has 4 aromatic carbocycles. The maximum atomic E-state index is 14.6. The fourth-order valence-electron chi connectivity index (χ4n) is 15.0. The van der Waals surface area contributed by atoms with Crippen molar-refractivity contribution in [3.63, 3.8) is 0 Å². The molecular weight excluding hydrogens is 1780 g/mol. The number of hydrogen-bond donors (Lipinski definition) is 3. The van der Waals surface area contributed by atoms with Crippen LogP contribution in [-0.4, -0.2) is 241 Å². The second kappa shape index (κ2) is 49.1. The van der Waals surface area contributed by atoms with Gasteiger partial charge in [-0.2, -0.15) is 0 Å². The quantitative estimate of drug-likeness (QED) is 0.0141. The first-order chi connectivity index (χ1) is 61.2. The lowest BCUT2D eigenvalue weighted by molar-refractivity contribution is -0.903. The van der Waals surface area contributed by atoms with Crippen molar-refractivity contribution in [2.75, 3.05) is 183 Å². The number of hydrogen-bond acceptors (Lipinski definition) is 18. The molecule has 7 aromatic rings. The predicted octanol–water partition coefficient (Wildman–Crippen LogP) is 26.1. The summed E-state index contributed by atoms with van der Waals surface area (Å²) in [5.74, 6) is 8.04. The van der Waals surface area contributed by atoms with Gasteiger partial charge in [-0.25, -0.2) is 15.0 Å². The van der Waals surface area contributed by atoms with E-state index in [0.29, 0.717) is 238 Å². The van der Waals surface area contributed by atoms with Crippen molar-refractivity contribution >= 4 is 138 Å². The summed E-state index contributed by atoms with van der Waals surface area (Å²) in [7, 11) is 9.20. The van der Waals surface area contributed by atoms with E-state index in [9.17, 15) is 5.21 Å². The van der Waals surface area contributed by atoms with E-state index < -0.39 is 0 Å². The highest BCUT2D eigenvalue weighted by Crippen LogP contribution is 2.59. The summed E-state index contributed by atoms with van der Waals surface area (Å²) >= 11 is 39.9. The molecule has 3 N–H and O–H groups in total. The number of ether oxygens (including phenoxy) is 8. The molecule has 2 aliphatic rings. The summed E-state index contributed by atoms with van der Waals surface area (Å²) in [6, 6.07) is 0. The zero-order valence-corrected chi connectivity index (χ0v) is 89.9. The predicted molar refractivity (Wildman–Crippen MR) is 546 cm³/mol. The van der Waals surface area contributed by atoms with Gasteiger partial charge in [-0.1, -0.05) is 167 Å². The van der Waals surface area contributed by atoms with Crippen molar-refractivity contribution in [2.45, 2.75) is 237 Å². The molecule has 0 saturated carbocycles. The zero-order valence-electron chi connectivity index (χ0n) is 83.6. The molecule has 9 rings (SSSR count). The van der Waals surface area contributed by atoms with Crippen LogP contribution in [0.25, 0.3) is 89.7 Å². The van der Waals surface area contributed by atoms with Crippen molar-refractivity contribution in [1.29, 1.82) is 0 Å². The summed E-state index contributed by atoms with van der Waals surface area (Å²) in [6.07, 6.45) is 4.89. The molecular formula is C100H159Cl4N12O9S4+5. The lowest BCUT2D eigenvalue weighted by Crippen LogP contribution is -2.45. The second-order valence-electron chi connectivity index (χ2n) is 39.6. The molecule has 2 aliphatic heterocycles. The number of fused-ring (bicyclic) bond motifs is 20. The summed E-state index contributed by atoms with van der Waals surface area (Å²) in [4.78, 5) is 40.5. The summed E-state index contributed by atoms with van der Waals surface area (Å²) in [5, 5.41) is 18.0. The van der Waals surface area contributed by atoms with Crippen molar-refractivity contribution in [3.8, 4) is 85.8 Å². The highest BCUT2D eigenvalue weighted by molar-refractivity contribution is 8.00. The number of benzene rings is 4. The molecule has 0 saturated heterocycles. The highest BCUT2D eigenvalue weighted by Gasteiger charge is 2.44. The lowest BCUT2D eigenvalue weighted by Gasteiger charge is -2.32. The fraction of sp³-hybridized carbons (Fsp3) is 0.680. The van der Waals surface area contributed by atoms with Gasteiger partial charge in [0, 0.05) is 40.1 Å². The number of H-pyrrole nitrogens is 2.